The van der Waals surface area contributed by atoms with E-state index in [1.165, 1.54) is 0 Å². The highest BCUT2D eigenvalue weighted by Crippen LogP contribution is 2.25. The molecular weight excluding hydrogens is 272 g/mol. The maximum absolute atomic E-state index is 8.61. The Labute approximate surface area is 81.5 Å². The highest BCUT2D eigenvalue weighted by Gasteiger charge is 2.05. The molecule has 2 nitrogen and oxygen atoms in total. The van der Waals surface area contributed by atoms with E-state index in [0.29, 0.717) is 5.56 Å². The van der Waals surface area contributed by atoms with Crippen LogP contribution in [0.1, 0.15) is 11.1 Å². The Morgan fingerprint density at radius 3 is 2.73 bits per heavy atom. The van der Waals surface area contributed by atoms with Crippen LogP contribution in [0.3, 0.4) is 0 Å². The van der Waals surface area contributed by atoms with E-state index < -0.39 is 0 Å². The molecule has 0 saturated heterocycles. The first kappa shape index (κ1) is 8.69. The van der Waals surface area contributed by atoms with Gasteiger partial charge < -0.3 is 0 Å². The van der Waals surface area contributed by atoms with Crippen molar-refractivity contribution in [2.45, 2.75) is 6.92 Å². The normalized spacial score (nSPS) is 9.27. The van der Waals surface area contributed by atoms with Crippen molar-refractivity contribution in [2.75, 3.05) is 0 Å². The molecule has 11 heavy (non-hydrogen) atoms. The molecule has 0 spiro atoms. The summed E-state index contributed by atoms with van der Waals surface area (Å²) >= 11 is 6.55. The van der Waals surface area contributed by atoms with E-state index in [9.17, 15) is 0 Å². The molecule has 0 amide bonds. The fourth-order valence-corrected chi connectivity index (χ4v) is 1.38. The molecule has 1 aromatic rings. The Kier molecular flexibility index (Phi) is 2.63. The van der Waals surface area contributed by atoms with Gasteiger partial charge in [-0.25, -0.2) is 4.98 Å². The zero-order valence-corrected chi connectivity index (χ0v) is 8.90. The lowest BCUT2D eigenvalue weighted by atomic mass is 10.2. The van der Waals surface area contributed by atoms with Gasteiger partial charge in [0.05, 0.1) is 10.0 Å². The molecule has 0 aliphatic rings. The highest BCUT2D eigenvalue weighted by molar-refractivity contribution is 9.13. The van der Waals surface area contributed by atoms with Crippen LogP contribution in [-0.2, 0) is 0 Å². The Hall–Kier alpha value is -0.400. The van der Waals surface area contributed by atoms with Crippen molar-refractivity contribution in [3.63, 3.8) is 0 Å². The van der Waals surface area contributed by atoms with Gasteiger partial charge in [0.25, 0.3) is 0 Å². The molecule has 0 fully saturated rings. The summed E-state index contributed by atoms with van der Waals surface area (Å²) in [6.07, 6.45) is 1.55. The lowest BCUT2D eigenvalue weighted by molar-refractivity contribution is 1.19. The van der Waals surface area contributed by atoms with Crippen LogP contribution in [0.25, 0.3) is 0 Å². The summed E-state index contributed by atoms with van der Waals surface area (Å²) in [5.74, 6) is 0. The van der Waals surface area contributed by atoms with Gasteiger partial charge in [-0.15, -0.1) is 0 Å². The molecule has 0 saturated carbocycles. The minimum atomic E-state index is 0.597. The second-order valence-corrected chi connectivity index (χ2v) is 3.56. The molecule has 0 aliphatic carbocycles. The third-order valence-electron chi connectivity index (χ3n) is 1.34. The second kappa shape index (κ2) is 3.33. The smallest absolute Gasteiger partial charge is 0.120 e. The van der Waals surface area contributed by atoms with Crippen LogP contribution in [0.5, 0.6) is 0 Å². The molecule has 0 radical (unpaired) electrons. The van der Waals surface area contributed by atoms with Crippen molar-refractivity contribution >= 4 is 31.9 Å². The average molecular weight is 276 g/mol. The number of pyridine rings is 1. The minimum absolute atomic E-state index is 0.597. The van der Waals surface area contributed by atoms with E-state index >= 15 is 0 Å². The summed E-state index contributed by atoms with van der Waals surface area (Å²) in [4.78, 5) is 3.96. The molecule has 0 bridgehead atoms. The van der Waals surface area contributed by atoms with Crippen LogP contribution < -0.4 is 0 Å². The van der Waals surface area contributed by atoms with E-state index in [4.69, 9.17) is 5.26 Å². The number of rotatable bonds is 0. The first-order valence-electron chi connectivity index (χ1n) is 2.87. The molecule has 0 N–H and O–H groups in total. The third-order valence-corrected chi connectivity index (χ3v) is 3.45. The maximum atomic E-state index is 8.61. The fraction of sp³-hybridized carbons (Fsp3) is 0.143. The maximum Gasteiger partial charge on any atom is 0.120 e. The lowest BCUT2D eigenvalue weighted by Crippen LogP contribution is -1.87. The Morgan fingerprint density at radius 1 is 1.55 bits per heavy atom. The number of nitrogens with zero attached hydrogens (tertiary/aromatic N) is 2. The predicted octanol–water partition coefficient (Wildman–Crippen LogP) is 2.79. The molecular formula is C7H4Br2N2. The Balaban J connectivity index is 3.40. The molecule has 0 aliphatic heterocycles. The zero-order chi connectivity index (χ0) is 8.43. The van der Waals surface area contributed by atoms with Crippen LogP contribution in [0.4, 0.5) is 0 Å². The van der Waals surface area contributed by atoms with Crippen LogP contribution in [0.15, 0.2) is 15.3 Å². The predicted molar refractivity (Wildman–Crippen MR) is 49.1 cm³/mol. The van der Waals surface area contributed by atoms with Crippen molar-refractivity contribution < 1.29 is 0 Å². The quantitative estimate of drug-likeness (QED) is 0.683. The summed E-state index contributed by atoms with van der Waals surface area (Å²) in [5.41, 5.74) is 1.51. The van der Waals surface area contributed by atoms with Gasteiger partial charge in [-0.05, 0) is 44.3 Å². The van der Waals surface area contributed by atoms with Gasteiger partial charge >= 0.3 is 0 Å². The summed E-state index contributed by atoms with van der Waals surface area (Å²) < 4.78 is 1.57. The topological polar surface area (TPSA) is 36.7 Å². The molecule has 0 aromatic carbocycles. The zero-order valence-electron chi connectivity index (χ0n) is 5.73. The number of nitriles is 1. The highest BCUT2D eigenvalue weighted by atomic mass is 79.9. The molecule has 4 heteroatoms. The van der Waals surface area contributed by atoms with Crippen LogP contribution in [0.2, 0.25) is 0 Å². The fourth-order valence-electron chi connectivity index (χ4n) is 0.660. The van der Waals surface area contributed by atoms with Crippen LogP contribution >= 0.6 is 31.9 Å². The molecule has 1 aromatic heterocycles. The van der Waals surface area contributed by atoms with Gasteiger partial charge in [0, 0.05) is 6.20 Å². The summed E-state index contributed by atoms with van der Waals surface area (Å²) in [7, 11) is 0. The molecule has 56 valence electrons. The van der Waals surface area contributed by atoms with E-state index in [1.54, 1.807) is 6.20 Å². The van der Waals surface area contributed by atoms with Crippen molar-refractivity contribution in [3.8, 4) is 6.07 Å². The van der Waals surface area contributed by atoms with Gasteiger partial charge in [0.2, 0.25) is 0 Å². The van der Waals surface area contributed by atoms with Crippen LogP contribution in [-0.4, -0.2) is 4.98 Å². The molecule has 0 atom stereocenters. The minimum Gasteiger partial charge on any atom is -0.247 e. The lowest BCUT2D eigenvalue weighted by Gasteiger charge is -2.00. The Bertz CT molecular complexity index is 328. The SMILES string of the molecule is Cc1c(C#N)cnc(Br)c1Br. The standard InChI is InChI=1S/C7H4Br2N2/c1-4-5(2-10)3-11-7(9)6(4)8/h3H,1H3. The van der Waals surface area contributed by atoms with Crippen LogP contribution in [0, 0.1) is 18.3 Å². The van der Waals surface area contributed by atoms with E-state index in [2.05, 4.69) is 36.8 Å². The van der Waals surface area contributed by atoms with Gasteiger partial charge in [-0.3, -0.25) is 0 Å². The first-order valence-corrected chi connectivity index (χ1v) is 4.46. The second-order valence-electron chi connectivity index (χ2n) is 2.01. The largest absolute Gasteiger partial charge is 0.247 e. The number of halogens is 2. The number of aromatic nitrogens is 1. The van der Waals surface area contributed by atoms with Gasteiger partial charge in [-0.2, -0.15) is 5.26 Å². The monoisotopic (exact) mass is 274 g/mol. The van der Waals surface area contributed by atoms with Crippen molar-refractivity contribution in [1.29, 1.82) is 5.26 Å². The van der Waals surface area contributed by atoms with Gasteiger partial charge in [0.15, 0.2) is 0 Å². The number of hydrogen-bond acceptors (Lipinski definition) is 2. The van der Waals surface area contributed by atoms with Crippen molar-refractivity contribution in [1.82, 2.24) is 4.98 Å². The van der Waals surface area contributed by atoms with E-state index in [1.807, 2.05) is 13.0 Å². The first-order chi connectivity index (χ1) is 5.16. The van der Waals surface area contributed by atoms with Crippen molar-refractivity contribution in [2.24, 2.45) is 0 Å². The summed E-state index contributed by atoms with van der Waals surface area (Å²) in [6.45, 7) is 1.87. The number of hydrogen-bond donors (Lipinski definition) is 0. The summed E-state index contributed by atoms with van der Waals surface area (Å²) in [6, 6.07) is 2.05. The molecule has 1 rings (SSSR count). The van der Waals surface area contributed by atoms with Gasteiger partial charge in [-0.1, -0.05) is 0 Å². The average Bonchev–Trinajstić information content (AvgIpc) is 2.01. The summed E-state index contributed by atoms with van der Waals surface area (Å²) in [5, 5.41) is 8.61. The van der Waals surface area contributed by atoms with Gasteiger partial charge in [0.1, 0.15) is 10.7 Å². The van der Waals surface area contributed by atoms with E-state index in [-0.39, 0.29) is 0 Å². The third kappa shape index (κ3) is 1.60. The Morgan fingerprint density at radius 2 is 2.18 bits per heavy atom. The van der Waals surface area contributed by atoms with Crippen molar-refractivity contribution in [3.05, 3.63) is 26.4 Å². The van der Waals surface area contributed by atoms with E-state index in [0.717, 1.165) is 14.6 Å². The molecule has 1 heterocycles. The molecule has 0 unspecified atom stereocenters.